The van der Waals surface area contributed by atoms with Crippen LogP contribution in [-0.4, -0.2) is 29.9 Å². The molecule has 1 saturated heterocycles. The van der Waals surface area contributed by atoms with Crippen molar-refractivity contribution in [3.05, 3.63) is 71.8 Å². The summed E-state index contributed by atoms with van der Waals surface area (Å²) in [4.78, 5) is 14.4. The van der Waals surface area contributed by atoms with E-state index in [4.69, 9.17) is 5.73 Å². The molecule has 1 amide bonds. The van der Waals surface area contributed by atoms with Gasteiger partial charge >= 0.3 is 0 Å². The molecular formula is C19H22N2O. The first kappa shape index (κ1) is 14.8. The molecule has 2 aromatic carbocycles. The van der Waals surface area contributed by atoms with Gasteiger partial charge in [-0.05, 0) is 24.0 Å². The Balaban J connectivity index is 1.59. The predicted molar refractivity (Wildman–Crippen MR) is 88.5 cm³/mol. The fourth-order valence-electron chi connectivity index (χ4n) is 3.15. The average molecular weight is 294 g/mol. The van der Waals surface area contributed by atoms with Gasteiger partial charge in [0.25, 0.3) is 0 Å². The fourth-order valence-corrected chi connectivity index (χ4v) is 3.15. The van der Waals surface area contributed by atoms with Gasteiger partial charge < -0.3 is 10.6 Å². The highest BCUT2D eigenvalue weighted by Gasteiger charge is 2.29. The number of hydrogen-bond donors (Lipinski definition) is 1. The van der Waals surface area contributed by atoms with E-state index in [1.165, 1.54) is 5.56 Å². The molecule has 2 aromatic rings. The second-order valence-electron chi connectivity index (χ2n) is 5.98. The lowest BCUT2D eigenvalue weighted by Crippen LogP contribution is -2.43. The third-order valence-electron chi connectivity index (χ3n) is 4.39. The van der Waals surface area contributed by atoms with E-state index in [0.29, 0.717) is 12.3 Å². The monoisotopic (exact) mass is 294 g/mol. The number of amides is 1. The van der Waals surface area contributed by atoms with Gasteiger partial charge in [-0.1, -0.05) is 60.7 Å². The minimum atomic E-state index is -0.447. The summed E-state index contributed by atoms with van der Waals surface area (Å²) in [6, 6.07) is 19.9. The van der Waals surface area contributed by atoms with Crippen LogP contribution in [-0.2, 0) is 11.2 Å². The fraction of sp³-hybridized carbons (Fsp3) is 0.316. The Kier molecular flexibility index (Phi) is 4.54. The number of hydrogen-bond acceptors (Lipinski definition) is 2. The van der Waals surface area contributed by atoms with Crippen LogP contribution in [0.4, 0.5) is 0 Å². The third kappa shape index (κ3) is 3.37. The zero-order chi connectivity index (χ0) is 15.4. The summed E-state index contributed by atoms with van der Waals surface area (Å²) in [5, 5.41) is 0. The summed E-state index contributed by atoms with van der Waals surface area (Å²) in [6.45, 7) is 1.59. The van der Waals surface area contributed by atoms with Gasteiger partial charge in [0.1, 0.15) is 0 Å². The van der Waals surface area contributed by atoms with Gasteiger partial charge in [-0.3, -0.25) is 4.79 Å². The number of benzene rings is 2. The van der Waals surface area contributed by atoms with E-state index in [2.05, 4.69) is 24.3 Å². The van der Waals surface area contributed by atoms with Crippen LogP contribution in [0.1, 0.15) is 23.5 Å². The Morgan fingerprint density at radius 1 is 1.09 bits per heavy atom. The minimum Gasteiger partial charge on any atom is -0.341 e. The normalized spacial score (nSPS) is 19.1. The number of carbonyl (C=O) groups excluding carboxylic acids is 1. The summed E-state index contributed by atoms with van der Waals surface area (Å²) >= 11 is 0. The van der Waals surface area contributed by atoms with Crippen LogP contribution in [0.5, 0.6) is 0 Å². The van der Waals surface area contributed by atoms with E-state index in [9.17, 15) is 4.79 Å². The first-order valence-electron chi connectivity index (χ1n) is 7.87. The van der Waals surface area contributed by atoms with Crippen molar-refractivity contribution < 1.29 is 4.79 Å². The van der Waals surface area contributed by atoms with E-state index < -0.39 is 6.04 Å². The maximum absolute atomic E-state index is 12.5. The zero-order valence-corrected chi connectivity index (χ0v) is 12.7. The van der Waals surface area contributed by atoms with Crippen molar-refractivity contribution in [3.63, 3.8) is 0 Å². The highest BCUT2D eigenvalue weighted by Crippen LogP contribution is 2.27. The van der Waals surface area contributed by atoms with Crippen molar-refractivity contribution in [2.75, 3.05) is 13.1 Å². The quantitative estimate of drug-likeness (QED) is 0.942. The van der Waals surface area contributed by atoms with Crippen molar-refractivity contribution in [3.8, 4) is 0 Å². The Labute approximate surface area is 131 Å². The first-order valence-corrected chi connectivity index (χ1v) is 7.87. The van der Waals surface area contributed by atoms with Crippen LogP contribution in [0.2, 0.25) is 0 Å². The molecule has 3 heteroatoms. The van der Waals surface area contributed by atoms with Crippen molar-refractivity contribution >= 4 is 5.91 Å². The van der Waals surface area contributed by atoms with Gasteiger partial charge in [-0.25, -0.2) is 0 Å². The third-order valence-corrected chi connectivity index (χ3v) is 4.39. The number of rotatable bonds is 4. The SMILES string of the molecule is NC(Cc1ccccc1)C(=O)N1CCC(c2ccccc2)C1. The molecule has 0 radical (unpaired) electrons. The minimum absolute atomic E-state index is 0.0716. The highest BCUT2D eigenvalue weighted by atomic mass is 16.2. The predicted octanol–water partition coefficient (Wildman–Crippen LogP) is 2.57. The maximum atomic E-state index is 12.5. The molecule has 1 heterocycles. The topological polar surface area (TPSA) is 46.3 Å². The molecule has 1 aliphatic heterocycles. The van der Waals surface area contributed by atoms with Crippen molar-refractivity contribution in [1.82, 2.24) is 4.90 Å². The van der Waals surface area contributed by atoms with E-state index >= 15 is 0 Å². The van der Waals surface area contributed by atoms with Gasteiger partial charge in [-0.2, -0.15) is 0 Å². The first-order chi connectivity index (χ1) is 10.7. The molecule has 2 atom stereocenters. The number of nitrogens with zero attached hydrogens (tertiary/aromatic N) is 1. The summed E-state index contributed by atoms with van der Waals surface area (Å²) in [5.74, 6) is 0.511. The van der Waals surface area contributed by atoms with Gasteiger partial charge in [-0.15, -0.1) is 0 Å². The number of carbonyl (C=O) groups is 1. The van der Waals surface area contributed by atoms with E-state index in [1.54, 1.807) is 0 Å². The molecule has 22 heavy (non-hydrogen) atoms. The molecule has 3 nitrogen and oxygen atoms in total. The summed E-state index contributed by atoms with van der Waals surface area (Å²) in [7, 11) is 0. The van der Waals surface area contributed by atoms with Crippen LogP contribution in [0.25, 0.3) is 0 Å². The van der Waals surface area contributed by atoms with E-state index in [0.717, 1.165) is 25.1 Å². The summed E-state index contributed by atoms with van der Waals surface area (Å²) < 4.78 is 0. The molecule has 0 aliphatic carbocycles. The molecule has 0 saturated carbocycles. The van der Waals surface area contributed by atoms with E-state index in [1.807, 2.05) is 41.3 Å². The largest absolute Gasteiger partial charge is 0.341 e. The summed E-state index contributed by atoms with van der Waals surface area (Å²) in [6.07, 6.45) is 1.62. The van der Waals surface area contributed by atoms with E-state index in [-0.39, 0.29) is 5.91 Å². The van der Waals surface area contributed by atoms with Gasteiger partial charge in [0.05, 0.1) is 6.04 Å². The highest BCUT2D eigenvalue weighted by molar-refractivity contribution is 5.82. The van der Waals surface area contributed by atoms with Gasteiger partial charge in [0.15, 0.2) is 0 Å². The van der Waals surface area contributed by atoms with Crippen LogP contribution < -0.4 is 5.73 Å². The van der Waals surface area contributed by atoms with Gasteiger partial charge in [0.2, 0.25) is 5.91 Å². The zero-order valence-electron chi connectivity index (χ0n) is 12.7. The molecule has 2 unspecified atom stereocenters. The number of likely N-dealkylation sites (tertiary alicyclic amines) is 1. The summed E-state index contributed by atoms with van der Waals surface area (Å²) in [5.41, 5.74) is 8.55. The van der Waals surface area contributed by atoms with Crippen LogP contribution in [0.15, 0.2) is 60.7 Å². The van der Waals surface area contributed by atoms with Gasteiger partial charge in [0, 0.05) is 19.0 Å². The molecule has 3 rings (SSSR count). The Hall–Kier alpha value is -2.13. The molecule has 114 valence electrons. The van der Waals surface area contributed by atoms with Crippen LogP contribution >= 0.6 is 0 Å². The average Bonchev–Trinajstić information content (AvgIpc) is 3.06. The lowest BCUT2D eigenvalue weighted by Gasteiger charge is -2.21. The standard InChI is InChI=1S/C19H22N2O/c20-18(13-15-7-3-1-4-8-15)19(22)21-12-11-17(14-21)16-9-5-2-6-10-16/h1-10,17-18H,11-14,20H2. The van der Waals surface area contributed by atoms with Crippen LogP contribution in [0.3, 0.4) is 0 Å². The second-order valence-corrected chi connectivity index (χ2v) is 5.98. The maximum Gasteiger partial charge on any atom is 0.239 e. The molecular weight excluding hydrogens is 272 g/mol. The lowest BCUT2D eigenvalue weighted by atomic mass is 9.99. The number of nitrogens with two attached hydrogens (primary N) is 1. The second kappa shape index (κ2) is 6.75. The molecule has 0 aromatic heterocycles. The van der Waals surface area contributed by atoms with Crippen molar-refractivity contribution in [2.45, 2.75) is 24.8 Å². The van der Waals surface area contributed by atoms with Crippen molar-refractivity contribution in [1.29, 1.82) is 0 Å². The molecule has 0 bridgehead atoms. The molecule has 2 N–H and O–H groups in total. The Morgan fingerprint density at radius 2 is 1.73 bits per heavy atom. The Bertz CT molecular complexity index is 612. The molecule has 0 spiro atoms. The van der Waals surface area contributed by atoms with Crippen LogP contribution in [0, 0.1) is 0 Å². The Morgan fingerprint density at radius 3 is 2.41 bits per heavy atom. The molecule has 1 aliphatic rings. The smallest absolute Gasteiger partial charge is 0.239 e. The van der Waals surface area contributed by atoms with Crippen molar-refractivity contribution in [2.24, 2.45) is 5.73 Å². The molecule has 1 fully saturated rings. The lowest BCUT2D eigenvalue weighted by molar-refractivity contribution is -0.131.